The molecule has 1 aromatic rings. The average Bonchev–Trinajstić information content (AvgIpc) is 3.04. The van der Waals surface area contributed by atoms with Crippen molar-refractivity contribution in [3.8, 4) is 0 Å². The molecule has 10 heteroatoms. The maximum absolute atomic E-state index is 13.5. The van der Waals surface area contributed by atoms with Crippen molar-refractivity contribution in [3.05, 3.63) is 46.0 Å². The minimum absolute atomic E-state index is 0.0945. The van der Waals surface area contributed by atoms with Crippen LogP contribution in [0.3, 0.4) is 0 Å². The van der Waals surface area contributed by atoms with E-state index in [1.54, 1.807) is 0 Å². The second-order valence-corrected chi connectivity index (χ2v) is 6.80. The molecule has 0 aromatic heterocycles. The van der Waals surface area contributed by atoms with E-state index >= 15 is 0 Å². The van der Waals surface area contributed by atoms with Crippen LogP contribution in [-0.2, 0) is 16.1 Å². The first-order valence-electron chi connectivity index (χ1n) is 7.21. The number of hydrogen-bond acceptors (Lipinski definition) is 2. The standard InChI is InChI=1S/C16H12ClF7O2/c1-15(2)7(3-10(17)16(22,23)24)11(15)14(25)26-5-6-8(18)4-9(19)13(21)12(6)20/h3-4,7,11H,5H2,1-2H3/t7-,11-/m1/s1. The Morgan fingerprint density at radius 3 is 2.31 bits per heavy atom. The Hall–Kier alpha value is -1.77. The van der Waals surface area contributed by atoms with Crippen LogP contribution in [-0.4, -0.2) is 12.1 Å². The van der Waals surface area contributed by atoms with Gasteiger partial charge in [0.1, 0.15) is 17.5 Å². The molecule has 26 heavy (non-hydrogen) atoms. The predicted molar refractivity (Wildman–Crippen MR) is 76.8 cm³/mol. The first-order valence-corrected chi connectivity index (χ1v) is 7.59. The number of allylic oxidation sites excluding steroid dienone is 2. The van der Waals surface area contributed by atoms with E-state index in [1.165, 1.54) is 13.8 Å². The highest BCUT2D eigenvalue weighted by Gasteiger charge is 2.62. The van der Waals surface area contributed by atoms with Gasteiger partial charge in [-0.15, -0.1) is 0 Å². The van der Waals surface area contributed by atoms with Gasteiger partial charge in [-0.3, -0.25) is 4.79 Å². The molecular formula is C16H12ClF7O2. The summed E-state index contributed by atoms with van der Waals surface area (Å²) in [5.74, 6) is -9.94. The molecule has 0 saturated heterocycles. The number of alkyl halides is 3. The third-order valence-electron chi connectivity index (χ3n) is 4.33. The predicted octanol–water partition coefficient (Wildman–Crippen LogP) is 5.24. The van der Waals surface area contributed by atoms with Crippen molar-refractivity contribution in [1.82, 2.24) is 0 Å². The zero-order chi connectivity index (χ0) is 20.0. The summed E-state index contributed by atoms with van der Waals surface area (Å²) in [7, 11) is 0. The van der Waals surface area contributed by atoms with Crippen LogP contribution in [0.1, 0.15) is 19.4 Å². The lowest BCUT2D eigenvalue weighted by atomic mass is 10.1. The van der Waals surface area contributed by atoms with Crippen molar-refractivity contribution in [3.63, 3.8) is 0 Å². The van der Waals surface area contributed by atoms with Gasteiger partial charge in [0.2, 0.25) is 0 Å². The quantitative estimate of drug-likeness (QED) is 0.297. The largest absolute Gasteiger partial charge is 0.460 e. The third kappa shape index (κ3) is 3.82. The van der Waals surface area contributed by atoms with Crippen molar-refractivity contribution >= 4 is 17.6 Å². The minimum atomic E-state index is -4.77. The van der Waals surface area contributed by atoms with Crippen LogP contribution in [0.15, 0.2) is 17.2 Å². The molecule has 1 saturated carbocycles. The molecule has 0 aliphatic heterocycles. The van der Waals surface area contributed by atoms with Gasteiger partial charge in [0.15, 0.2) is 17.5 Å². The van der Waals surface area contributed by atoms with E-state index in [0.29, 0.717) is 6.08 Å². The van der Waals surface area contributed by atoms with E-state index in [1.807, 2.05) is 0 Å². The number of rotatable bonds is 4. The fourth-order valence-electron chi connectivity index (χ4n) is 2.66. The van der Waals surface area contributed by atoms with Gasteiger partial charge in [-0.05, 0) is 11.3 Å². The van der Waals surface area contributed by atoms with Crippen molar-refractivity contribution in [2.75, 3.05) is 0 Å². The lowest BCUT2D eigenvalue weighted by Gasteiger charge is -2.08. The Bertz CT molecular complexity index is 771. The van der Waals surface area contributed by atoms with Crippen LogP contribution in [0.4, 0.5) is 30.7 Å². The molecule has 0 radical (unpaired) electrons. The van der Waals surface area contributed by atoms with E-state index in [0.717, 1.165) is 0 Å². The maximum atomic E-state index is 13.5. The molecule has 0 unspecified atom stereocenters. The number of benzene rings is 1. The summed E-state index contributed by atoms with van der Waals surface area (Å²) in [6, 6.07) is 0.0945. The Morgan fingerprint density at radius 1 is 1.19 bits per heavy atom. The highest BCUT2D eigenvalue weighted by molar-refractivity contribution is 6.30. The fraction of sp³-hybridized carbons (Fsp3) is 0.438. The van der Waals surface area contributed by atoms with Crippen LogP contribution < -0.4 is 0 Å². The Balaban J connectivity index is 2.11. The summed E-state index contributed by atoms with van der Waals surface area (Å²) < 4.78 is 95.1. The molecular weight excluding hydrogens is 393 g/mol. The summed E-state index contributed by atoms with van der Waals surface area (Å²) >= 11 is 5.14. The molecule has 0 amide bonds. The van der Waals surface area contributed by atoms with E-state index in [9.17, 15) is 35.5 Å². The van der Waals surface area contributed by atoms with Gasteiger partial charge in [-0.25, -0.2) is 17.6 Å². The monoisotopic (exact) mass is 404 g/mol. The van der Waals surface area contributed by atoms with Crippen LogP contribution >= 0.6 is 11.6 Å². The zero-order valence-corrected chi connectivity index (χ0v) is 14.1. The van der Waals surface area contributed by atoms with Gasteiger partial charge >= 0.3 is 12.1 Å². The van der Waals surface area contributed by atoms with Crippen molar-refractivity contribution < 1.29 is 40.3 Å². The number of hydrogen-bond donors (Lipinski definition) is 0. The smallest absolute Gasteiger partial charge is 0.426 e. The van der Waals surface area contributed by atoms with Crippen LogP contribution in [0.25, 0.3) is 0 Å². The molecule has 1 aliphatic rings. The SMILES string of the molecule is CC1(C)[C@H](C=C(Cl)C(F)(F)F)[C@@H]1C(=O)OCc1c(F)cc(F)c(F)c1F. The van der Waals surface area contributed by atoms with Gasteiger partial charge in [0.25, 0.3) is 0 Å². The third-order valence-corrected chi connectivity index (χ3v) is 4.67. The molecule has 2 nitrogen and oxygen atoms in total. The van der Waals surface area contributed by atoms with Gasteiger partial charge in [-0.1, -0.05) is 31.5 Å². The molecule has 2 rings (SSSR count). The summed E-state index contributed by atoms with van der Waals surface area (Å²) in [5.41, 5.74) is -1.93. The first kappa shape index (κ1) is 20.5. The van der Waals surface area contributed by atoms with Crippen LogP contribution in [0.5, 0.6) is 0 Å². The number of esters is 1. The average molecular weight is 405 g/mol. The molecule has 1 fully saturated rings. The van der Waals surface area contributed by atoms with Crippen molar-refractivity contribution in [1.29, 1.82) is 0 Å². The summed E-state index contributed by atoms with van der Waals surface area (Å²) in [5, 5.41) is -1.40. The van der Waals surface area contributed by atoms with Gasteiger partial charge in [0, 0.05) is 6.07 Å². The normalized spacial score (nSPS) is 22.3. The molecule has 0 heterocycles. The number of carbonyl (C=O) groups is 1. The Morgan fingerprint density at radius 2 is 1.77 bits per heavy atom. The maximum Gasteiger partial charge on any atom is 0.426 e. The molecule has 1 aromatic carbocycles. The molecule has 144 valence electrons. The lowest BCUT2D eigenvalue weighted by Crippen LogP contribution is -2.13. The van der Waals surface area contributed by atoms with Crippen molar-refractivity contribution in [2.45, 2.75) is 26.6 Å². The molecule has 0 bridgehead atoms. The number of ether oxygens (including phenoxy) is 1. The van der Waals surface area contributed by atoms with Gasteiger partial charge < -0.3 is 4.74 Å². The van der Waals surface area contributed by atoms with Crippen LogP contribution in [0.2, 0.25) is 0 Å². The molecule has 2 atom stereocenters. The second kappa shape index (κ2) is 6.75. The van der Waals surface area contributed by atoms with E-state index in [4.69, 9.17) is 11.6 Å². The summed E-state index contributed by atoms with van der Waals surface area (Å²) in [6.45, 7) is 1.93. The van der Waals surface area contributed by atoms with E-state index in [2.05, 4.69) is 4.74 Å². The second-order valence-electron chi connectivity index (χ2n) is 6.39. The lowest BCUT2D eigenvalue weighted by molar-refractivity contribution is -0.147. The zero-order valence-electron chi connectivity index (χ0n) is 13.4. The molecule has 0 N–H and O–H groups in total. The number of halogens is 8. The summed E-state index contributed by atoms with van der Waals surface area (Å²) in [6.07, 6.45) is -4.10. The van der Waals surface area contributed by atoms with Crippen LogP contribution in [0, 0.1) is 40.5 Å². The molecule has 1 aliphatic carbocycles. The number of carbonyl (C=O) groups excluding carboxylic acids is 1. The minimum Gasteiger partial charge on any atom is -0.460 e. The van der Waals surface area contributed by atoms with Gasteiger partial charge in [-0.2, -0.15) is 13.2 Å². The summed E-state index contributed by atoms with van der Waals surface area (Å²) in [4.78, 5) is 12.0. The van der Waals surface area contributed by atoms with E-state index < -0.39 is 69.9 Å². The Kier molecular flexibility index (Phi) is 5.34. The topological polar surface area (TPSA) is 26.3 Å². The fourth-order valence-corrected chi connectivity index (χ4v) is 2.80. The van der Waals surface area contributed by atoms with E-state index in [-0.39, 0.29) is 6.07 Å². The van der Waals surface area contributed by atoms with Crippen molar-refractivity contribution in [2.24, 2.45) is 17.3 Å². The molecule has 0 spiro atoms. The van der Waals surface area contributed by atoms with Gasteiger partial charge in [0.05, 0.1) is 11.5 Å². The first-order chi connectivity index (χ1) is 11.8. The Labute approximate surface area is 148 Å². The highest BCUT2D eigenvalue weighted by Crippen LogP contribution is 2.60. The highest BCUT2D eigenvalue weighted by atomic mass is 35.5.